The molecule has 1 aliphatic heterocycles. The Bertz CT molecular complexity index is 915. The largest absolute Gasteiger partial charge is 0.395 e. The molecule has 1 N–H and O–H groups in total. The van der Waals surface area contributed by atoms with Crippen molar-refractivity contribution >= 4 is 23.1 Å². The van der Waals surface area contributed by atoms with Crippen LogP contribution in [0.2, 0.25) is 0 Å². The standard InChI is InChI=1S/C21H21FN2O3/c1-13-10-14(2)12-17(11-13)24-20(26)18(15-4-6-16(22)7-5-15)19(21(24)27)23(3)8-9-25/h4-7,10-12,25H,8-9H2,1-3H3. The Hall–Kier alpha value is -2.99. The van der Waals surface area contributed by atoms with Gasteiger partial charge in [0.15, 0.2) is 0 Å². The SMILES string of the molecule is Cc1cc(C)cc(N2C(=O)C(c3ccc(F)cc3)=C(N(C)CCO)C2=O)c1. The summed E-state index contributed by atoms with van der Waals surface area (Å²) in [7, 11) is 1.64. The summed E-state index contributed by atoms with van der Waals surface area (Å²) in [4.78, 5) is 29.1. The zero-order chi connectivity index (χ0) is 19.7. The van der Waals surface area contributed by atoms with Crippen LogP contribution in [-0.4, -0.2) is 42.0 Å². The maximum absolute atomic E-state index is 13.3. The van der Waals surface area contributed by atoms with Crippen molar-refractivity contribution < 1.29 is 19.1 Å². The number of aryl methyl sites for hydroxylation is 2. The molecule has 0 aliphatic carbocycles. The second-order valence-electron chi connectivity index (χ2n) is 6.67. The molecule has 2 aromatic carbocycles. The topological polar surface area (TPSA) is 60.9 Å². The molecule has 0 fully saturated rings. The molecule has 1 aliphatic rings. The Morgan fingerprint density at radius 3 is 2.15 bits per heavy atom. The smallest absolute Gasteiger partial charge is 0.282 e. The van der Waals surface area contributed by atoms with Crippen LogP contribution in [-0.2, 0) is 9.59 Å². The second-order valence-corrected chi connectivity index (χ2v) is 6.67. The quantitative estimate of drug-likeness (QED) is 0.825. The molecule has 3 rings (SSSR count). The zero-order valence-corrected chi connectivity index (χ0v) is 15.5. The minimum atomic E-state index is -0.462. The van der Waals surface area contributed by atoms with Crippen LogP contribution in [0.3, 0.4) is 0 Å². The normalized spacial score (nSPS) is 14.3. The van der Waals surface area contributed by atoms with Gasteiger partial charge in [0.2, 0.25) is 0 Å². The van der Waals surface area contributed by atoms with Crippen molar-refractivity contribution in [2.24, 2.45) is 0 Å². The lowest BCUT2D eigenvalue weighted by Crippen LogP contribution is -2.35. The van der Waals surface area contributed by atoms with Crippen LogP contribution in [0, 0.1) is 19.7 Å². The van der Waals surface area contributed by atoms with Gasteiger partial charge in [0.1, 0.15) is 11.5 Å². The Morgan fingerprint density at radius 2 is 1.59 bits per heavy atom. The van der Waals surface area contributed by atoms with E-state index in [1.165, 1.54) is 24.3 Å². The van der Waals surface area contributed by atoms with Gasteiger partial charge in [-0.15, -0.1) is 0 Å². The number of anilines is 1. The highest BCUT2D eigenvalue weighted by Gasteiger charge is 2.41. The highest BCUT2D eigenvalue weighted by atomic mass is 19.1. The van der Waals surface area contributed by atoms with Crippen LogP contribution in [0.4, 0.5) is 10.1 Å². The van der Waals surface area contributed by atoms with Crippen LogP contribution in [0.15, 0.2) is 48.2 Å². The molecule has 2 amide bonds. The summed E-state index contributed by atoms with van der Waals surface area (Å²) in [6, 6.07) is 11.0. The molecule has 0 saturated heterocycles. The first-order valence-electron chi connectivity index (χ1n) is 8.62. The lowest BCUT2D eigenvalue weighted by Gasteiger charge is -2.21. The number of aliphatic hydroxyl groups excluding tert-OH is 1. The van der Waals surface area contributed by atoms with Gasteiger partial charge < -0.3 is 10.0 Å². The average Bonchev–Trinajstić information content (AvgIpc) is 2.85. The molecule has 0 saturated carbocycles. The summed E-state index contributed by atoms with van der Waals surface area (Å²) in [5, 5.41) is 9.27. The predicted molar refractivity (Wildman–Crippen MR) is 101 cm³/mol. The fraction of sp³-hybridized carbons (Fsp3) is 0.238. The third-order valence-corrected chi connectivity index (χ3v) is 4.47. The third kappa shape index (κ3) is 3.48. The Balaban J connectivity index is 2.14. The van der Waals surface area contributed by atoms with Crippen molar-refractivity contribution in [3.63, 3.8) is 0 Å². The van der Waals surface area contributed by atoms with Crippen LogP contribution < -0.4 is 4.90 Å². The number of imide groups is 1. The lowest BCUT2D eigenvalue weighted by atomic mass is 10.0. The van der Waals surface area contributed by atoms with E-state index in [4.69, 9.17) is 0 Å². The average molecular weight is 368 g/mol. The molecule has 6 heteroatoms. The van der Waals surface area contributed by atoms with Gasteiger partial charge in [0.25, 0.3) is 11.8 Å². The molecule has 0 unspecified atom stereocenters. The number of amides is 2. The van der Waals surface area contributed by atoms with Crippen molar-refractivity contribution in [2.75, 3.05) is 25.1 Å². The molecule has 0 atom stereocenters. The summed E-state index contributed by atoms with van der Waals surface area (Å²) >= 11 is 0. The fourth-order valence-corrected chi connectivity index (χ4v) is 3.33. The number of likely N-dealkylation sites (N-methyl/N-ethyl adjacent to an activating group) is 1. The zero-order valence-electron chi connectivity index (χ0n) is 15.5. The summed E-state index contributed by atoms with van der Waals surface area (Å²) in [5.74, 6) is -1.34. The fourth-order valence-electron chi connectivity index (χ4n) is 3.33. The van der Waals surface area contributed by atoms with Gasteiger partial charge in [-0.3, -0.25) is 9.59 Å². The number of aliphatic hydroxyl groups is 1. The Morgan fingerprint density at radius 1 is 1.00 bits per heavy atom. The van der Waals surface area contributed by atoms with Gasteiger partial charge in [-0.1, -0.05) is 18.2 Å². The van der Waals surface area contributed by atoms with E-state index in [0.717, 1.165) is 16.0 Å². The Kier molecular flexibility index (Phi) is 5.10. The molecule has 0 spiro atoms. The van der Waals surface area contributed by atoms with Crippen molar-refractivity contribution in [1.82, 2.24) is 4.90 Å². The first-order valence-corrected chi connectivity index (χ1v) is 8.62. The van der Waals surface area contributed by atoms with E-state index >= 15 is 0 Å². The van der Waals surface area contributed by atoms with E-state index in [2.05, 4.69) is 0 Å². The van der Waals surface area contributed by atoms with E-state index in [1.807, 2.05) is 19.9 Å². The van der Waals surface area contributed by atoms with E-state index in [1.54, 1.807) is 24.1 Å². The number of benzene rings is 2. The minimum Gasteiger partial charge on any atom is -0.395 e. The van der Waals surface area contributed by atoms with Crippen LogP contribution >= 0.6 is 0 Å². The summed E-state index contributed by atoms with van der Waals surface area (Å²) < 4.78 is 13.3. The second kappa shape index (κ2) is 7.32. The van der Waals surface area contributed by atoms with E-state index < -0.39 is 17.6 Å². The van der Waals surface area contributed by atoms with Crippen molar-refractivity contribution in [3.8, 4) is 0 Å². The van der Waals surface area contributed by atoms with Crippen LogP contribution in [0.5, 0.6) is 0 Å². The number of carbonyl (C=O) groups excluding carboxylic acids is 2. The van der Waals surface area contributed by atoms with Gasteiger partial charge in [-0.2, -0.15) is 0 Å². The molecule has 5 nitrogen and oxygen atoms in total. The van der Waals surface area contributed by atoms with E-state index in [-0.39, 0.29) is 24.4 Å². The summed E-state index contributed by atoms with van der Waals surface area (Å²) in [6.45, 7) is 3.82. The van der Waals surface area contributed by atoms with Gasteiger partial charge in [-0.25, -0.2) is 9.29 Å². The first kappa shape index (κ1) is 18.8. The van der Waals surface area contributed by atoms with E-state index in [9.17, 15) is 19.1 Å². The number of hydrogen-bond acceptors (Lipinski definition) is 4. The molecular weight excluding hydrogens is 347 g/mol. The molecule has 0 radical (unpaired) electrons. The number of hydrogen-bond donors (Lipinski definition) is 1. The molecular formula is C21H21FN2O3. The molecule has 0 aromatic heterocycles. The molecule has 27 heavy (non-hydrogen) atoms. The summed E-state index contributed by atoms with van der Waals surface area (Å²) in [6.07, 6.45) is 0. The molecule has 2 aromatic rings. The number of nitrogens with zero attached hydrogens (tertiary/aromatic N) is 2. The Labute approximate surface area is 157 Å². The highest BCUT2D eigenvalue weighted by molar-refractivity contribution is 6.45. The van der Waals surface area contributed by atoms with Gasteiger partial charge in [-0.05, 0) is 54.8 Å². The lowest BCUT2D eigenvalue weighted by molar-refractivity contribution is -0.120. The highest BCUT2D eigenvalue weighted by Crippen LogP contribution is 2.35. The number of carbonyl (C=O) groups is 2. The number of halogens is 1. The maximum atomic E-state index is 13.3. The van der Waals surface area contributed by atoms with Crippen molar-refractivity contribution in [1.29, 1.82) is 0 Å². The molecule has 140 valence electrons. The minimum absolute atomic E-state index is 0.165. The van der Waals surface area contributed by atoms with Gasteiger partial charge in [0.05, 0.1) is 17.9 Å². The van der Waals surface area contributed by atoms with Gasteiger partial charge >= 0.3 is 0 Å². The first-order chi connectivity index (χ1) is 12.8. The monoisotopic (exact) mass is 368 g/mol. The van der Waals surface area contributed by atoms with Crippen molar-refractivity contribution in [2.45, 2.75) is 13.8 Å². The predicted octanol–water partition coefficient (Wildman–Crippen LogP) is 2.65. The molecule has 0 bridgehead atoms. The van der Waals surface area contributed by atoms with Crippen molar-refractivity contribution in [3.05, 3.63) is 70.7 Å². The third-order valence-electron chi connectivity index (χ3n) is 4.47. The van der Waals surface area contributed by atoms with Gasteiger partial charge in [0, 0.05) is 13.6 Å². The summed E-state index contributed by atoms with van der Waals surface area (Å²) in [5.41, 5.74) is 3.23. The van der Waals surface area contributed by atoms with E-state index in [0.29, 0.717) is 11.3 Å². The van der Waals surface area contributed by atoms with Crippen LogP contribution in [0.25, 0.3) is 5.57 Å². The van der Waals surface area contributed by atoms with Crippen LogP contribution in [0.1, 0.15) is 16.7 Å². The number of rotatable bonds is 5. The molecule has 1 heterocycles. The maximum Gasteiger partial charge on any atom is 0.282 e.